The number of thiophene rings is 1. The molecule has 1 heterocycles. The minimum Gasteiger partial charge on any atom is -0.353 e. The third-order valence-corrected chi connectivity index (χ3v) is 7.11. The number of halogens is 1. The average Bonchev–Trinajstić information content (AvgIpc) is 3.03. The Morgan fingerprint density at radius 1 is 1.26 bits per heavy atom. The molecule has 0 spiro atoms. The van der Waals surface area contributed by atoms with E-state index in [9.17, 15) is 13.2 Å². The molecule has 124 valence electrons. The Bertz CT molecular complexity index is 786. The first-order chi connectivity index (χ1) is 10.9. The fraction of sp³-hybridized carbons (Fsp3) is 0.312. The van der Waals surface area contributed by atoms with Gasteiger partial charge >= 0.3 is 0 Å². The van der Waals surface area contributed by atoms with Crippen molar-refractivity contribution in [2.24, 2.45) is 0 Å². The van der Waals surface area contributed by atoms with Gasteiger partial charge in [-0.05, 0) is 48.6 Å². The summed E-state index contributed by atoms with van der Waals surface area (Å²) in [7, 11) is -3.61. The van der Waals surface area contributed by atoms with Crippen LogP contribution >= 0.6 is 22.9 Å². The van der Waals surface area contributed by atoms with Crippen molar-refractivity contribution in [3.05, 3.63) is 51.7 Å². The summed E-state index contributed by atoms with van der Waals surface area (Å²) >= 11 is 6.83. The minimum absolute atomic E-state index is 0.00131. The molecular formula is C16H18ClNO3S2. The molecule has 1 aromatic carbocycles. The van der Waals surface area contributed by atoms with Crippen LogP contribution in [0.15, 0.2) is 40.6 Å². The summed E-state index contributed by atoms with van der Waals surface area (Å²) in [6.45, 7) is 3.81. The van der Waals surface area contributed by atoms with Gasteiger partial charge in [-0.3, -0.25) is 4.79 Å². The van der Waals surface area contributed by atoms with E-state index in [0.29, 0.717) is 4.88 Å². The summed E-state index contributed by atoms with van der Waals surface area (Å²) < 4.78 is 26.0. The molecule has 2 aromatic rings. The molecule has 0 fully saturated rings. The molecule has 2 rings (SSSR count). The van der Waals surface area contributed by atoms with E-state index in [-0.39, 0.29) is 23.2 Å². The fourth-order valence-corrected chi connectivity index (χ4v) is 5.11. The lowest BCUT2D eigenvalue weighted by atomic mass is 10.1. The van der Waals surface area contributed by atoms with Crippen LogP contribution < -0.4 is 5.32 Å². The number of alkyl halides is 1. The van der Waals surface area contributed by atoms with E-state index < -0.39 is 15.1 Å². The quantitative estimate of drug-likeness (QED) is 0.793. The van der Waals surface area contributed by atoms with Gasteiger partial charge in [0.05, 0.1) is 4.90 Å². The van der Waals surface area contributed by atoms with Crippen molar-refractivity contribution in [1.82, 2.24) is 5.32 Å². The van der Waals surface area contributed by atoms with Crippen LogP contribution in [-0.4, -0.2) is 26.7 Å². The molecule has 7 heteroatoms. The molecule has 4 nitrogen and oxygen atoms in total. The molecule has 0 saturated heterocycles. The second-order valence-electron chi connectivity index (χ2n) is 5.23. The predicted octanol–water partition coefficient (Wildman–Crippen LogP) is 3.23. The Morgan fingerprint density at radius 3 is 2.57 bits per heavy atom. The molecule has 23 heavy (non-hydrogen) atoms. The van der Waals surface area contributed by atoms with Crippen molar-refractivity contribution in [2.75, 3.05) is 12.4 Å². The van der Waals surface area contributed by atoms with Crippen LogP contribution in [0.5, 0.6) is 0 Å². The molecule has 1 amide bonds. The van der Waals surface area contributed by atoms with Gasteiger partial charge in [-0.1, -0.05) is 12.1 Å². The minimum atomic E-state index is -3.61. The van der Waals surface area contributed by atoms with Gasteiger partial charge < -0.3 is 5.32 Å². The van der Waals surface area contributed by atoms with E-state index in [2.05, 4.69) is 5.32 Å². The highest BCUT2D eigenvalue weighted by atomic mass is 35.5. The molecule has 0 aliphatic rings. The number of carbonyl (C=O) groups is 1. The van der Waals surface area contributed by atoms with Crippen molar-refractivity contribution >= 4 is 38.7 Å². The highest BCUT2D eigenvalue weighted by Gasteiger charge is 2.30. The van der Waals surface area contributed by atoms with E-state index in [1.54, 1.807) is 30.3 Å². The fourth-order valence-electron chi connectivity index (χ4n) is 2.15. The number of nitrogens with one attached hydrogen (secondary N) is 1. The van der Waals surface area contributed by atoms with Gasteiger partial charge in [-0.15, -0.1) is 22.9 Å². The number of hydrogen-bond acceptors (Lipinski definition) is 4. The second-order valence-corrected chi connectivity index (χ2v) is 8.61. The first-order valence-corrected chi connectivity index (χ1v) is 9.99. The van der Waals surface area contributed by atoms with Crippen LogP contribution in [0.4, 0.5) is 0 Å². The molecule has 0 bridgehead atoms. The summed E-state index contributed by atoms with van der Waals surface area (Å²) in [4.78, 5) is 12.4. The van der Waals surface area contributed by atoms with Crippen LogP contribution in [-0.2, 0) is 14.6 Å². The van der Waals surface area contributed by atoms with E-state index in [0.717, 1.165) is 11.1 Å². The molecule has 0 unspecified atom stereocenters. The number of benzene rings is 1. The van der Waals surface area contributed by atoms with Gasteiger partial charge in [0.25, 0.3) is 0 Å². The molecule has 1 aromatic heterocycles. The zero-order valence-corrected chi connectivity index (χ0v) is 15.3. The van der Waals surface area contributed by atoms with Crippen LogP contribution in [0.1, 0.15) is 21.3 Å². The van der Waals surface area contributed by atoms with Crippen LogP contribution in [0.25, 0.3) is 0 Å². The zero-order valence-electron chi connectivity index (χ0n) is 12.9. The SMILES string of the molecule is Cc1ccc(S(=O)(=O)[C@@H](CNC(=O)CCl)c2cccs2)cc1C. The summed E-state index contributed by atoms with van der Waals surface area (Å²) in [5, 5.41) is 3.58. The van der Waals surface area contributed by atoms with Gasteiger partial charge in [0, 0.05) is 11.4 Å². The van der Waals surface area contributed by atoms with Gasteiger partial charge in [-0.2, -0.15) is 0 Å². The summed E-state index contributed by atoms with van der Waals surface area (Å²) in [5.74, 6) is -0.579. The topological polar surface area (TPSA) is 63.2 Å². The number of sulfone groups is 1. The number of rotatable bonds is 6. The smallest absolute Gasteiger partial charge is 0.234 e. The predicted molar refractivity (Wildman–Crippen MR) is 93.9 cm³/mol. The molecule has 1 atom stereocenters. The van der Waals surface area contributed by atoms with Gasteiger partial charge in [0.15, 0.2) is 9.84 Å². The average molecular weight is 372 g/mol. The third kappa shape index (κ3) is 4.13. The maximum atomic E-state index is 13.0. The second kappa shape index (κ2) is 7.47. The normalized spacial score (nSPS) is 12.8. The Balaban J connectivity index is 2.40. The first-order valence-electron chi connectivity index (χ1n) is 7.03. The van der Waals surface area contributed by atoms with Crippen molar-refractivity contribution in [1.29, 1.82) is 0 Å². The van der Waals surface area contributed by atoms with E-state index in [1.807, 2.05) is 19.2 Å². The lowest BCUT2D eigenvalue weighted by Gasteiger charge is -2.18. The third-order valence-electron chi connectivity index (χ3n) is 3.65. The highest BCUT2D eigenvalue weighted by molar-refractivity contribution is 7.91. The van der Waals surface area contributed by atoms with E-state index in [1.165, 1.54) is 11.3 Å². The Kier molecular flexibility index (Phi) is 5.84. The molecule has 0 radical (unpaired) electrons. The zero-order chi connectivity index (χ0) is 17.0. The van der Waals surface area contributed by atoms with Crippen molar-refractivity contribution in [3.63, 3.8) is 0 Å². The maximum Gasteiger partial charge on any atom is 0.234 e. The summed E-state index contributed by atoms with van der Waals surface area (Å²) in [6.07, 6.45) is 0. The largest absolute Gasteiger partial charge is 0.353 e. The van der Waals surface area contributed by atoms with Crippen molar-refractivity contribution < 1.29 is 13.2 Å². The van der Waals surface area contributed by atoms with Gasteiger partial charge in [-0.25, -0.2) is 8.42 Å². The van der Waals surface area contributed by atoms with Crippen LogP contribution in [0.2, 0.25) is 0 Å². The molecule has 1 N–H and O–H groups in total. The monoisotopic (exact) mass is 371 g/mol. The van der Waals surface area contributed by atoms with Gasteiger partial charge in [0.1, 0.15) is 11.1 Å². The lowest BCUT2D eigenvalue weighted by molar-refractivity contribution is -0.118. The standard InChI is InChI=1S/C16H18ClNO3S2/c1-11-5-6-13(8-12(11)2)23(20,21)15(10-18-16(19)9-17)14-4-3-7-22-14/h3-8,15H,9-10H2,1-2H3,(H,18,19)/t15-/m0/s1. The van der Waals surface area contributed by atoms with Crippen LogP contribution in [0, 0.1) is 13.8 Å². The molecule has 0 aliphatic carbocycles. The van der Waals surface area contributed by atoms with Crippen LogP contribution in [0.3, 0.4) is 0 Å². The Morgan fingerprint density at radius 2 is 2.00 bits per heavy atom. The van der Waals surface area contributed by atoms with Crippen molar-refractivity contribution in [2.45, 2.75) is 24.0 Å². The Labute approximate surface area is 145 Å². The van der Waals surface area contributed by atoms with Gasteiger partial charge in [0.2, 0.25) is 5.91 Å². The number of carbonyl (C=O) groups excluding carboxylic acids is 1. The summed E-state index contributed by atoms with van der Waals surface area (Å²) in [6, 6.07) is 8.65. The van der Waals surface area contributed by atoms with E-state index in [4.69, 9.17) is 11.6 Å². The highest BCUT2D eigenvalue weighted by Crippen LogP contribution is 2.32. The van der Waals surface area contributed by atoms with Crippen molar-refractivity contribution in [3.8, 4) is 0 Å². The van der Waals surface area contributed by atoms with E-state index >= 15 is 0 Å². The maximum absolute atomic E-state index is 13.0. The molecular weight excluding hydrogens is 354 g/mol. The first kappa shape index (κ1) is 18.0. The number of amides is 1. The number of aryl methyl sites for hydroxylation is 2. The molecule has 0 aliphatic heterocycles. The molecule has 0 saturated carbocycles. The summed E-state index contributed by atoms with van der Waals surface area (Å²) in [5.41, 5.74) is 1.95. The number of hydrogen-bond donors (Lipinski definition) is 1. The lowest BCUT2D eigenvalue weighted by Crippen LogP contribution is -2.32. The Hall–Kier alpha value is -1.37.